The molecule has 3 saturated heterocycles. The van der Waals surface area contributed by atoms with E-state index in [4.69, 9.17) is 8.92 Å². The van der Waals surface area contributed by atoms with Crippen molar-refractivity contribution in [3.8, 4) is 0 Å². The van der Waals surface area contributed by atoms with E-state index in [0.717, 1.165) is 0 Å². The van der Waals surface area contributed by atoms with Crippen LogP contribution < -0.4 is 0 Å². The van der Waals surface area contributed by atoms with E-state index in [1.807, 2.05) is 0 Å². The van der Waals surface area contributed by atoms with Gasteiger partial charge < -0.3 is 4.74 Å². The van der Waals surface area contributed by atoms with E-state index in [1.165, 1.54) is 0 Å². The highest BCUT2D eigenvalue weighted by atomic mass is 32.2. The molecule has 0 aromatic heterocycles. The fourth-order valence-corrected chi connectivity index (χ4v) is 4.97. The lowest BCUT2D eigenvalue weighted by atomic mass is 9.75. The lowest BCUT2D eigenvalue weighted by Gasteiger charge is -2.28. The van der Waals surface area contributed by atoms with Gasteiger partial charge in [0.1, 0.15) is 17.0 Å². The summed E-state index contributed by atoms with van der Waals surface area (Å²) in [6, 6.07) is 0. The third-order valence-electron chi connectivity index (χ3n) is 4.22. The Bertz CT molecular complexity index is 402. The highest BCUT2D eigenvalue weighted by molar-refractivity contribution is 7.88. The Morgan fingerprint density at radius 3 is 2.67 bits per heavy atom. The van der Waals surface area contributed by atoms with Gasteiger partial charge >= 0.3 is 0 Å². The maximum atomic E-state index is 11.9. The zero-order valence-corrected chi connectivity index (χ0v) is 9.95. The first-order valence-corrected chi connectivity index (χ1v) is 6.86. The highest BCUT2D eigenvalue weighted by Crippen LogP contribution is 2.57. The van der Waals surface area contributed by atoms with Crippen molar-refractivity contribution in [2.75, 3.05) is 0 Å². The summed E-state index contributed by atoms with van der Waals surface area (Å²) in [5.74, 6) is 0.642. The Labute approximate surface area is 90.1 Å². The molecule has 0 amide bonds. The molecule has 0 spiro atoms. The number of rotatable bonds is 1. The first kappa shape index (κ1) is 10.1. The fraction of sp³-hybridized carbons (Fsp3) is 1.00. The van der Waals surface area contributed by atoms with Crippen LogP contribution in [0.3, 0.4) is 0 Å². The monoisotopic (exact) mass is 232 g/mol. The van der Waals surface area contributed by atoms with Crippen LogP contribution in [-0.2, 0) is 19.0 Å². The molecule has 3 aliphatic rings. The van der Waals surface area contributed by atoms with Crippen molar-refractivity contribution in [1.82, 2.24) is 0 Å². The molecule has 86 valence electrons. The van der Waals surface area contributed by atoms with Gasteiger partial charge in [-0.1, -0.05) is 13.8 Å². The first-order chi connectivity index (χ1) is 6.87. The molecule has 3 fully saturated rings. The predicted octanol–water partition coefficient (Wildman–Crippen LogP) is 0.917. The van der Waals surface area contributed by atoms with Crippen LogP contribution in [0, 0.1) is 11.8 Å². The molecule has 3 aliphatic heterocycles. The molecule has 0 saturated carbocycles. The third-order valence-corrected chi connectivity index (χ3v) is 6.23. The van der Waals surface area contributed by atoms with Crippen LogP contribution in [0.15, 0.2) is 0 Å². The minimum Gasteiger partial charge on any atom is -0.370 e. The molecule has 0 N–H and O–H groups in total. The minimum atomic E-state index is -3.42. The standard InChI is InChI=1S/C10H16O4S/c1-5(2)7-6-4-10(3)9(13-6)8(7)14-15(10,11)12/h5-9H,4H2,1-3H3. The van der Waals surface area contributed by atoms with Crippen LogP contribution in [0.1, 0.15) is 27.2 Å². The first-order valence-electron chi connectivity index (χ1n) is 5.45. The molecule has 0 aromatic carbocycles. The Hall–Kier alpha value is -0.130. The molecule has 15 heavy (non-hydrogen) atoms. The maximum absolute atomic E-state index is 11.9. The zero-order valence-electron chi connectivity index (χ0n) is 9.14. The topological polar surface area (TPSA) is 52.6 Å². The zero-order chi connectivity index (χ0) is 11.0. The molecule has 5 atom stereocenters. The summed E-state index contributed by atoms with van der Waals surface area (Å²) in [6.45, 7) is 5.95. The summed E-state index contributed by atoms with van der Waals surface area (Å²) in [7, 11) is -3.42. The third kappa shape index (κ3) is 0.971. The summed E-state index contributed by atoms with van der Waals surface area (Å²) in [4.78, 5) is 0. The lowest BCUT2D eigenvalue weighted by Crippen LogP contribution is -2.44. The van der Waals surface area contributed by atoms with Gasteiger partial charge in [-0.3, -0.25) is 4.18 Å². The van der Waals surface area contributed by atoms with Crippen LogP contribution in [0.4, 0.5) is 0 Å². The quantitative estimate of drug-likeness (QED) is 0.631. The molecule has 5 heteroatoms. The molecule has 0 radical (unpaired) electrons. The average molecular weight is 232 g/mol. The van der Waals surface area contributed by atoms with Gasteiger partial charge in [0.25, 0.3) is 10.1 Å². The van der Waals surface area contributed by atoms with Crippen molar-refractivity contribution in [3.05, 3.63) is 0 Å². The Morgan fingerprint density at radius 2 is 2.07 bits per heavy atom. The second-order valence-corrected chi connectivity index (χ2v) is 7.48. The fourth-order valence-electron chi connectivity index (χ4n) is 3.38. The summed E-state index contributed by atoms with van der Waals surface area (Å²) >= 11 is 0. The van der Waals surface area contributed by atoms with Gasteiger partial charge in [-0.25, -0.2) is 0 Å². The number of hydrogen-bond acceptors (Lipinski definition) is 4. The smallest absolute Gasteiger partial charge is 0.276 e. The number of ether oxygens (including phenoxy) is 1. The van der Waals surface area contributed by atoms with E-state index in [2.05, 4.69) is 13.8 Å². The van der Waals surface area contributed by atoms with Crippen molar-refractivity contribution >= 4 is 10.1 Å². The Kier molecular flexibility index (Phi) is 1.73. The SMILES string of the molecule is CC(C)C1C2CC3(C)C(O2)C1OS3(=O)=O. The van der Waals surface area contributed by atoms with Gasteiger partial charge in [-0.05, 0) is 19.3 Å². The predicted molar refractivity (Wildman–Crippen MR) is 53.8 cm³/mol. The van der Waals surface area contributed by atoms with Crippen LogP contribution in [0.5, 0.6) is 0 Å². The van der Waals surface area contributed by atoms with Crippen LogP contribution >= 0.6 is 0 Å². The van der Waals surface area contributed by atoms with Crippen molar-refractivity contribution in [2.24, 2.45) is 11.8 Å². The second kappa shape index (κ2) is 2.57. The van der Waals surface area contributed by atoms with Gasteiger partial charge in [0, 0.05) is 5.92 Å². The molecule has 2 bridgehead atoms. The van der Waals surface area contributed by atoms with Crippen molar-refractivity contribution in [3.63, 3.8) is 0 Å². The van der Waals surface area contributed by atoms with E-state index in [1.54, 1.807) is 6.92 Å². The molecular formula is C10H16O4S. The largest absolute Gasteiger partial charge is 0.370 e. The summed E-state index contributed by atoms with van der Waals surface area (Å²) in [6.07, 6.45) is 0.195. The van der Waals surface area contributed by atoms with Crippen molar-refractivity contribution < 1.29 is 17.3 Å². The van der Waals surface area contributed by atoms with Crippen LogP contribution in [0.2, 0.25) is 0 Å². The number of fused-ring (bicyclic) bond motifs is 1. The summed E-state index contributed by atoms with van der Waals surface area (Å²) in [5, 5.41) is 0. The Morgan fingerprint density at radius 1 is 1.40 bits per heavy atom. The van der Waals surface area contributed by atoms with E-state index >= 15 is 0 Å². The molecule has 3 rings (SSSR count). The van der Waals surface area contributed by atoms with E-state index in [9.17, 15) is 8.42 Å². The number of hydrogen-bond donors (Lipinski definition) is 0. The molecule has 0 aliphatic carbocycles. The molecule has 5 unspecified atom stereocenters. The van der Waals surface area contributed by atoms with E-state index in [-0.39, 0.29) is 24.2 Å². The average Bonchev–Trinajstić information content (AvgIpc) is 2.60. The lowest BCUT2D eigenvalue weighted by molar-refractivity contribution is 0.0754. The summed E-state index contributed by atoms with van der Waals surface area (Å²) < 4.78 is 34.0. The van der Waals surface area contributed by atoms with Crippen molar-refractivity contribution in [2.45, 2.75) is 50.3 Å². The van der Waals surface area contributed by atoms with Gasteiger partial charge in [-0.2, -0.15) is 8.42 Å². The van der Waals surface area contributed by atoms with Gasteiger partial charge in [0.05, 0.1) is 6.10 Å². The van der Waals surface area contributed by atoms with Gasteiger partial charge in [0.2, 0.25) is 0 Å². The highest BCUT2D eigenvalue weighted by Gasteiger charge is 2.72. The van der Waals surface area contributed by atoms with E-state index < -0.39 is 14.9 Å². The van der Waals surface area contributed by atoms with E-state index in [0.29, 0.717) is 12.3 Å². The normalized spacial score (nSPS) is 55.5. The molecule has 3 heterocycles. The van der Waals surface area contributed by atoms with Gasteiger partial charge in [0.15, 0.2) is 0 Å². The summed E-state index contributed by atoms with van der Waals surface area (Å²) in [5.41, 5.74) is 0. The minimum absolute atomic E-state index is 0.0716. The van der Waals surface area contributed by atoms with Gasteiger partial charge in [-0.15, -0.1) is 0 Å². The van der Waals surface area contributed by atoms with Crippen molar-refractivity contribution in [1.29, 1.82) is 0 Å². The molecule has 0 aromatic rings. The Balaban J connectivity index is 2.07. The molecule has 4 nitrogen and oxygen atoms in total. The molecular weight excluding hydrogens is 216 g/mol. The van der Waals surface area contributed by atoms with Crippen LogP contribution in [0.25, 0.3) is 0 Å². The maximum Gasteiger partial charge on any atom is 0.276 e. The van der Waals surface area contributed by atoms with Crippen LogP contribution in [-0.4, -0.2) is 31.5 Å². The second-order valence-electron chi connectivity index (χ2n) is 5.45.